The predicted octanol–water partition coefficient (Wildman–Crippen LogP) is 3.99. The van der Waals surface area contributed by atoms with Crippen LogP contribution in [-0.4, -0.2) is 13.1 Å². The zero-order valence-electron chi connectivity index (χ0n) is 10.2. The first-order valence-corrected chi connectivity index (χ1v) is 5.77. The average molecular weight is 234 g/mol. The highest BCUT2D eigenvalue weighted by Gasteiger charge is 1.98. The quantitative estimate of drug-likeness (QED) is 0.566. The van der Waals surface area contributed by atoms with E-state index < -0.39 is 0 Å². The Morgan fingerprint density at radius 1 is 0.944 bits per heavy atom. The van der Waals surface area contributed by atoms with Gasteiger partial charge in [0, 0.05) is 12.6 Å². The van der Waals surface area contributed by atoms with Crippen LogP contribution in [0.2, 0.25) is 0 Å². The fourth-order valence-electron chi connectivity index (χ4n) is 1.60. The van der Waals surface area contributed by atoms with Crippen molar-refractivity contribution in [3.8, 4) is 0 Å². The van der Waals surface area contributed by atoms with Gasteiger partial charge in [-0.1, -0.05) is 60.7 Å². The maximum absolute atomic E-state index is 4.25. The Bertz CT molecular complexity index is 577. The fraction of sp³-hybridized carbons (Fsp3) is 0.0625. The summed E-state index contributed by atoms with van der Waals surface area (Å²) >= 11 is 0. The molecule has 0 bridgehead atoms. The molecule has 0 atom stereocenters. The molecule has 0 saturated heterocycles. The third-order valence-corrected chi connectivity index (χ3v) is 2.44. The summed E-state index contributed by atoms with van der Waals surface area (Å²) in [6.45, 7) is 0. The highest BCUT2D eigenvalue weighted by Crippen LogP contribution is 2.18. The number of hydrogen-bond acceptors (Lipinski definition) is 2. The molecule has 0 amide bonds. The van der Waals surface area contributed by atoms with Crippen LogP contribution in [0.3, 0.4) is 0 Å². The summed E-state index contributed by atoms with van der Waals surface area (Å²) in [5.74, 6) is 0. The lowest BCUT2D eigenvalue weighted by Gasteiger charge is -2.00. The molecule has 88 valence electrons. The summed E-state index contributed by atoms with van der Waals surface area (Å²) in [6.07, 6.45) is 2.02. The maximum Gasteiger partial charge on any atom is 0.0946 e. The first kappa shape index (κ1) is 12.0. The highest BCUT2D eigenvalue weighted by atomic mass is 14.8. The van der Waals surface area contributed by atoms with E-state index in [1.807, 2.05) is 66.7 Å². The molecule has 0 saturated carbocycles. The van der Waals surface area contributed by atoms with E-state index in [0.29, 0.717) is 0 Å². The van der Waals surface area contributed by atoms with Crippen LogP contribution in [0, 0.1) is 0 Å². The molecule has 2 aromatic carbocycles. The Labute approximate surface area is 107 Å². The van der Waals surface area contributed by atoms with Gasteiger partial charge in [0.1, 0.15) is 0 Å². The summed E-state index contributed by atoms with van der Waals surface area (Å²) in [5.41, 5.74) is 3.02. The minimum Gasteiger partial charge on any atom is -0.229 e. The van der Waals surface area contributed by atoms with Gasteiger partial charge in [0.05, 0.1) is 11.7 Å². The first-order chi connectivity index (χ1) is 8.90. The van der Waals surface area contributed by atoms with Gasteiger partial charge in [-0.2, -0.15) is 4.99 Å². The highest BCUT2D eigenvalue weighted by molar-refractivity contribution is 5.83. The Morgan fingerprint density at radius 2 is 1.56 bits per heavy atom. The molecule has 18 heavy (non-hydrogen) atoms. The normalized spacial score (nSPS) is 10.6. The van der Waals surface area contributed by atoms with Crippen LogP contribution in [0.15, 0.2) is 70.6 Å². The minimum atomic E-state index is 0.854. The molecule has 0 unspecified atom stereocenters. The van der Waals surface area contributed by atoms with Crippen molar-refractivity contribution in [1.29, 1.82) is 0 Å². The largest absolute Gasteiger partial charge is 0.229 e. The standard InChI is InChI=1S/C16H14N2/c1-17-13-18-16(15-10-6-3-7-11-15)12-14-8-4-2-5-9-14/h2-12H,1H3/b16-12+. The first-order valence-electron chi connectivity index (χ1n) is 5.77. The van der Waals surface area contributed by atoms with Gasteiger partial charge in [0.15, 0.2) is 0 Å². The number of benzene rings is 2. The molecule has 0 radical (unpaired) electrons. The summed E-state index contributed by atoms with van der Waals surface area (Å²) < 4.78 is 0. The van der Waals surface area contributed by atoms with Crippen molar-refractivity contribution in [2.45, 2.75) is 0 Å². The SMILES string of the molecule is CN=C=N/C(=C/c1ccccc1)c1ccccc1. The van der Waals surface area contributed by atoms with E-state index in [4.69, 9.17) is 0 Å². The smallest absolute Gasteiger partial charge is 0.0946 e. The van der Waals surface area contributed by atoms with Crippen molar-refractivity contribution in [2.75, 3.05) is 7.05 Å². The van der Waals surface area contributed by atoms with Gasteiger partial charge >= 0.3 is 0 Å². The van der Waals surface area contributed by atoms with Gasteiger partial charge in [-0.3, -0.25) is 0 Å². The second-order valence-corrected chi connectivity index (χ2v) is 3.74. The lowest BCUT2D eigenvalue weighted by atomic mass is 10.1. The third kappa shape index (κ3) is 3.27. The Kier molecular flexibility index (Phi) is 4.23. The molecule has 2 heteroatoms. The number of aliphatic imine (C=N–C) groups is 2. The van der Waals surface area contributed by atoms with Crippen molar-refractivity contribution >= 4 is 17.8 Å². The molecule has 0 aliphatic heterocycles. The van der Waals surface area contributed by atoms with Crippen molar-refractivity contribution < 1.29 is 0 Å². The summed E-state index contributed by atoms with van der Waals surface area (Å²) in [7, 11) is 1.66. The van der Waals surface area contributed by atoms with Gasteiger partial charge in [-0.25, -0.2) is 4.99 Å². The Hall–Kier alpha value is -2.44. The molecule has 0 aliphatic carbocycles. The number of nitrogens with zero attached hydrogens (tertiary/aromatic N) is 2. The number of rotatable bonds is 3. The van der Waals surface area contributed by atoms with Crippen molar-refractivity contribution in [3.05, 3.63) is 71.8 Å². The van der Waals surface area contributed by atoms with Crippen LogP contribution in [-0.2, 0) is 0 Å². The van der Waals surface area contributed by atoms with Crippen molar-refractivity contribution in [3.63, 3.8) is 0 Å². The third-order valence-electron chi connectivity index (χ3n) is 2.44. The Morgan fingerprint density at radius 3 is 2.17 bits per heavy atom. The van der Waals surface area contributed by atoms with Gasteiger partial charge in [-0.15, -0.1) is 0 Å². The molecule has 2 rings (SSSR count). The van der Waals surface area contributed by atoms with E-state index in [1.165, 1.54) is 0 Å². The van der Waals surface area contributed by atoms with Crippen molar-refractivity contribution in [2.24, 2.45) is 9.98 Å². The van der Waals surface area contributed by atoms with Crippen LogP contribution in [0.5, 0.6) is 0 Å². The van der Waals surface area contributed by atoms with E-state index in [2.05, 4.69) is 16.0 Å². The van der Waals surface area contributed by atoms with Crippen LogP contribution in [0.25, 0.3) is 11.8 Å². The van der Waals surface area contributed by atoms with Crippen LogP contribution in [0.4, 0.5) is 0 Å². The second-order valence-electron chi connectivity index (χ2n) is 3.74. The lowest BCUT2D eigenvalue weighted by molar-refractivity contribution is 1.44. The molecule has 0 heterocycles. The molecule has 2 aromatic rings. The van der Waals surface area contributed by atoms with Gasteiger partial charge < -0.3 is 0 Å². The molecule has 0 N–H and O–H groups in total. The summed E-state index contributed by atoms with van der Waals surface area (Å²) in [6, 6.07) is 22.8. The predicted molar refractivity (Wildman–Crippen MR) is 76.5 cm³/mol. The van der Waals surface area contributed by atoms with Crippen LogP contribution < -0.4 is 0 Å². The average Bonchev–Trinajstić information content (AvgIpc) is 2.45. The summed E-state index contributed by atoms with van der Waals surface area (Å²) in [4.78, 5) is 8.04. The maximum atomic E-state index is 4.25. The Balaban J connectivity index is 2.44. The van der Waals surface area contributed by atoms with Crippen LogP contribution >= 0.6 is 0 Å². The molecule has 0 aliphatic rings. The van der Waals surface area contributed by atoms with Gasteiger partial charge in [0.25, 0.3) is 0 Å². The number of hydrogen-bond donors (Lipinski definition) is 0. The van der Waals surface area contributed by atoms with Crippen molar-refractivity contribution in [1.82, 2.24) is 0 Å². The van der Waals surface area contributed by atoms with Gasteiger partial charge in [-0.05, 0) is 11.6 Å². The van der Waals surface area contributed by atoms with E-state index in [9.17, 15) is 0 Å². The summed E-state index contributed by atoms with van der Waals surface area (Å²) in [5, 5.41) is 0. The molecule has 0 fully saturated rings. The minimum absolute atomic E-state index is 0.854. The van der Waals surface area contributed by atoms with Crippen LogP contribution in [0.1, 0.15) is 11.1 Å². The lowest BCUT2D eigenvalue weighted by Crippen LogP contribution is -1.81. The molecule has 2 nitrogen and oxygen atoms in total. The second kappa shape index (κ2) is 6.33. The van der Waals surface area contributed by atoms with E-state index >= 15 is 0 Å². The van der Waals surface area contributed by atoms with E-state index in [-0.39, 0.29) is 0 Å². The monoisotopic (exact) mass is 234 g/mol. The molecule has 0 aromatic heterocycles. The molecular weight excluding hydrogens is 220 g/mol. The molecule has 0 spiro atoms. The van der Waals surface area contributed by atoms with E-state index in [0.717, 1.165) is 16.8 Å². The zero-order chi connectivity index (χ0) is 12.6. The van der Waals surface area contributed by atoms with Gasteiger partial charge in [0.2, 0.25) is 0 Å². The fourth-order valence-corrected chi connectivity index (χ4v) is 1.60. The topological polar surface area (TPSA) is 24.7 Å². The zero-order valence-corrected chi connectivity index (χ0v) is 10.2. The van der Waals surface area contributed by atoms with E-state index in [1.54, 1.807) is 7.05 Å². The molecular formula is C16H14N2.